The Hall–Kier alpha value is -2.72. The molecule has 2 unspecified atom stereocenters. The van der Waals surface area contributed by atoms with Gasteiger partial charge in [-0.05, 0) is 53.6 Å². The fourth-order valence-corrected chi connectivity index (χ4v) is 5.17. The third-order valence-electron chi connectivity index (χ3n) is 6.74. The highest BCUT2D eigenvalue weighted by Crippen LogP contribution is 2.39. The van der Waals surface area contributed by atoms with Gasteiger partial charge in [0, 0.05) is 12.1 Å². The van der Waals surface area contributed by atoms with Gasteiger partial charge in [0.2, 0.25) is 5.91 Å². The molecule has 0 saturated heterocycles. The van der Waals surface area contributed by atoms with E-state index in [4.69, 9.17) is 5.73 Å². The van der Waals surface area contributed by atoms with Gasteiger partial charge in [-0.1, -0.05) is 68.8 Å². The number of carbonyl (C=O) groups is 1. The third kappa shape index (κ3) is 3.61. The van der Waals surface area contributed by atoms with Crippen LogP contribution < -0.4 is 11.1 Å². The van der Waals surface area contributed by atoms with E-state index in [0.29, 0.717) is 6.42 Å². The van der Waals surface area contributed by atoms with E-state index in [-0.39, 0.29) is 17.9 Å². The molecular weight excluding hydrogens is 370 g/mol. The summed E-state index contributed by atoms with van der Waals surface area (Å²) < 4.78 is 0. The lowest BCUT2D eigenvalue weighted by molar-refractivity contribution is -0.126. The molecule has 156 valence electrons. The van der Waals surface area contributed by atoms with Gasteiger partial charge >= 0.3 is 0 Å². The van der Waals surface area contributed by atoms with Crippen molar-refractivity contribution in [2.45, 2.75) is 63.5 Å². The number of fused-ring (bicyclic) bond motifs is 2. The average Bonchev–Trinajstić information content (AvgIpc) is 2.78. The summed E-state index contributed by atoms with van der Waals surface area (Å²) in [6.45, 7) is 4.25. The fourth-order valence-electron chi connectivity index (χ4n) is 5.17. The van der Waals surface area contributed by atoms with Crippen LogP contribution in [0.25, 0.3) is 10.8 Å². The fraction of sp³-hybridized carbons (Fsp3) is 0.385. The molecule has 4 rings (SSSR count). The molecular formula is C26H31N3O. The van der Waals surface area contributed by atoms with Crippen LogP contribution in [0.1, 0.15) is 68.3 Å². The summed E-state index contributed by atoms with van der Waals surface area (Å²) in [5, 5.41) is 6.11. The van der Waals surface area contributed by atoms with Crippen LogP contribution in [-0.2, 0) is 11.2 Å². The lowest BCUT2D eigenvalue weighted by Gasteiger charge is -2.42. The number of rotatable bonds is 7. The van der Waals surface area contributed by atoms with Gasteiger partial charge in [0.1, 0.15) is 5.54 Å². The molecule has 1 aliphatic carbocycles. The monoisotopic (exact) mass is 401 g/mol. The van der Waals surface area contributed by atoms with Crippen LogP contribution in [-0.4, -0.2) is 16.4 Å². The van der Waals surface area contributed by atoms with Gasteiger partial charge in [-0.25, -0.2) is 0 Å². The highest BCUT2D eigenvalue weighted by atomic mass is 16.1. The SMILES string of the molecule is CCCC(NC1CCCc2cccnc21)(C(N)=O)[C@H](C)c1cccc2ccccc12. The van der Waals surface area contributed by atoms with Gasteiger partial charge < -0.3 is 5.73 Å². The second-order valence-electron chi connectivity index (χ2n) is 8.51. The number of hydrogen-bond acceptors (Lipinski definition) is 3. The van der Waals surface area contributed by atoms with Gasteiger partial charge in [0.05, 0.1) is 11.7 Å². The molecule has 4 heteroatoms. The van der Waals surface area contributed by atoms with Gasteiger partial charge in [0.15, 0.2) is 0 Å². The molecule has 30 heavy (non-hydrogen) atoms. The Morgan fingerprint density at radius 1 is 1.20 bits per heavy atom. The number of nitrogens with two attached hydrogens (primary N) is 1. The summed E-state index contributed by atoms with van der Waals surface area (Å²) in [7, 11) is 0. The zero-order chi connectivity index (χ0) is 21.1. The lowest BCUT2D eigenvalue weighted by Crippen LogP contribution is -2.60. The maximum atomic E-state index is 13.1. The quantitative estimate of drug-likeness (QED) is 0.583. The minimum atomic E-state index is -0.838. The Bertz CT molecular complexity index is 1040. The molecule has 0 bridgehead atoms. The first-order valence-corrected chi connectivity index (χ1v) is 11.1. The summed E-state index contributed by atoms with van der Waals surface area (Å²) in [6.07, 6.45) is 6.49. The molecule has 0 fully saturated rings. The zero-order valence-electron chi connectivity index (χ0n) is 17.9. The van der Waals surface area contributed by atoms with Crippen molar-refractivity contribution >= 4 is 16.7 Å². The number of benzene rings is 2. The van der Waals surface area contributed by atoms with Gasteiger partial charge in [-0.2, -0.15) is 0 Å². The van der Waals surface area contributed by atoms with Crippen LogP contribution >= 0.6 is 0 Å². The molecule has 3 atom stereocenters. The Morgan fingerprint density at radius 3 is 2.80 bits per heavy atom. The van der Waals surface area contributed by atoms with Crippen LogP contribution in [0, 0.1) is 0 Å². The summed E-state index contributed by atoms with van der Waals surface area (Å²) in [6, 6.07) is 18.9. The first kappa shape index (κ1) is 20.5. The number of nitrogens with one attached hydrogen (secondary N) is 1. The molecule has 3 N–H and O–H groups in total. The highest BCUT2D eigenvalue weighted by Gasteiger charge is 2.44. The smallest absolute Gasteiger partial charge is 0.238 e. The number of carbonyl (C=O) groups excluding carboxylic acids is 1. The van der Waals surface area contributed by atoms with Crippen LogP contribution in [0.15, 0.2) is 60.8 Å². The average molecular weight is 402 g/mol. The second kappa shape index (κ2) is 8.57. The summed E-state index contributed by atoms with van der Waals surface area (Å²) >= 11 is 0. The van der Waals surface area contributed by atoms with Crippen molar-refractivity contribution in [1.82, 2.24) is 10.3 Å². The van der Waals surface area contributed by atoms with Crippen molar-refractivity contribution in [3.05, 3.63) is 77.6 Å². The molecule has 1 heterocycles. The second-order valence-corrected chi connectivity index (χ2v) is 8.51. The van der Waals surface area contributed by atoms with Crippen LogP contribution in [0.4, 0.5) is 0 Å². The largest absolute Gasteiger partial charge is 0.368 e. The normalized spacial score (nSPS) is 19.1. The first-order valence-electron chi connectivity index (χ1n) is 11.1. The van der Waals surface area contributed by atoms with E-state index < -0.39 is 5.54 Å². The Morgan fingerprint density at radius 2 is 2.00 bits per heavy atom. The Kier molecular flexibility index (Phi) is 5.87. The van der Waals surface area contributed by atoms with Crippen molar-refractivity contribution in [3.8, 4) is 0 Å². The number of amides is 1. The third-order valence-corrected chi connectivity index (χ3v) is 6.74. The number of pyridine rings is 1. The van der Waals surface area contributed by atoms with Crippen LogP contribution in [0.2, 0.25) is 0 Å². The maximum absolute atomic E-state index is 13.1. The van der Waals surface area contributed by atoms with Gasteiger partial charge in [-0.3, -0.25) is 15.1 Å². The molecule has 4 nitrogen and oxygen atoms in total. The topological polar surface area (TPSA) is 68.0 Å². The molecule has 3 aromatic rings. The van der Waals surface area contributed by atoms with E-state index in [2.05, 4.69) is 66.6 Å². The number of aryl methyl sites for hydroxylation is 1. The van der Waals surface area contributed by atoms with E-state index >= 15 is 0 Å². The summed E-state index contributed by atoms with van der Waals surface area (Å²) in [4.78, 5) is 17.8. The Labute approximate surface area is 178 Å². The predicted molar refractivity (Wildman–Crippen MR) is 122 cm³/mol. The highest BCUT2D eigenvalue weighted by molar-refractivity contribution is 5.90. The van der Waals surface area contributed by atoms with E-state index in [1.54, 1.807) is 0 Å². The molecule has 1 aliphatic rings. The van der Waals surface area contributed by atoms with Crippen molar-refractivity contribution < 1.29 is 4.79 Å². The molecule has 0 saturated carbocycles. The van der Waals surface area contributed by atoms with Gasteiger partial charge in [-0.15, -0.1) is 0 Å². The lowest BCUT2D eigenvalue weighted by atomic mass is 9.74. The number of hydrogen-bond donors (Lipinski definition) is 2. The van der Waals surface area contributed by atoms with Crippen LogP contribution in [0.3, 0.4) is 0 Å². The van der Waals surface area contributed by atoms with Crippen molar-refractivity contribution in [1.29, 1.82) is 0 Å². The molecule has 0 aliphatic heterocycles. The number of aromatic nitrogens is 1. The molecule has 2 aromatic carbocycles. The first-order chi connectivity index (χ1) is 14.6. The Balaban J connectivity index is 1.79. The predicted octanol–water partition coefficient (Wildman–Crippen LogP) is 5.03. The van der Waals surface area contributed by atoms with Crippen molar-refractivity contribution in [3.63, 3.8) is 0 Å². The van der Waals surface area contributed by atoms with E-state index in [1.165, 1.54) is 16.3 Å². The molecule has 1 amide bonds. The maximum Gasteiger partial charge on any atom is 0.238 e. The van der Waals surface area contributed by atoms with Crippen molar-refractivity contribution in [2.75, 3.05) is 0 Å². The molecule has 0 radical (unpaired) electrons. The molecule has 1 aromatic heterocycles. The zero-order valence-corrected chi connectivity index (χ0v) is 17.9. The van der Waals surface area contributed by atoms with E-state index in [9.17, 15) is 4.79 Å². The number of primary amides is 1. The minimum Gasteiger partial charge on any atom is -0.368 e. The molecule has 0 spiro atoms. The van der Waals surface area contributed by atoms with Crippen LogP contribution in [0.5, 0.6) is 0 Å². The standard InChI is InChI=1S/C26H31N3O/c1-3-16-26(25(27)30,29-23-15-7-11-20-12-8-17-28-24(20)23)18(2)21-14-6-10-19-9-4-5-13-22(19)21/h4-6,8-10,12-14,17-18,23,29H,3,7,11,15-16H2,1-2H3,(H2,27,30)/t18-,23?,26?/m1/s1. The minimum absolute atomic E-state index is 0.0337. The number of nitrogens with zero attached hydrogens (tertiary/aromatic N) is 1. The summed E-state index contributed by atoms with van der Waals surface area (Å²) in [5.74, 6) is -0.358. The van der Waals surface area contributed by atoms with Crippen molar-refractivity contribution in [2.24, 2.45) is 5.73 Å². The van der Waals surface area contributed by atoms with E-state index in [0.717, 1.165) is 36.9 Å². The van der Waals surface area contributed by atoms with Gasteiger partial charge in [0.25, 0.3) is 0 Å². The van der Waals surface area contributed by atoms with E-state index in [1.807, 2.05) is 18.3 Å². The summed E-state index contributed by atoms with van der Waals surface area (Å²) in [5.41, 5.74) is 8.81.